The van der Waals surface area contributed by atoms with Crippen molar-refractivity contribution in [2.75, 3.05) is 29.9 Å². The maximum Gasteiger partial charge on any atom is 0.242 e. The smallest absolute Gasteiger partial charge is 0.242 e. The van der Waals surface area contributed by atoms with Crippen LogP contribution in [0, 0.1) is 11.3 Å². The SMILES string of the molecule is CCc1cc2c(cc1N1CC(C)N(C(=O)CNc3cccc4c(=C=O)n(C5CCC(=C=O)NC5=C=O)c(=C=O)c34)C(C)C1)C(C)(C)c1[nH]c3cc(C#N)ccc3c1C2=C=O. The first-order valence-electron chi connectivity index (χ1n) is 19.9. The fourth-order valence-corrected chi connectivity index (χ4v) is 9.77. The van der Waals surface area contributed by atoms with E-state index >= 15 is 0 Å². The molecule has 0 radical (unpaired) electrons. The van der Waals surface area contributed by atoms with Crippen LogP contribution in [-0.4, -0.2) is 81.8 Å². The second kappa shape index (κ2) is 15.1. The molecule has 1 amide bonds. The van der Waals surface area contributed by atoms with E-state index in [-0.39, 0.29) is 59.5 Å². The number of fused-ring (bicyclic) bond motifs is 5. The molecule has 300 valence electrons. The summed E-state index contributed by atoms with van der Waals surface area (Å²) in [7, 11) is 0. The number of amides is 1. The van der Waals surface area contributed by atoms with E-state index in [9.17, 15) is 34.0 Å². The van der Waals surface area contributed by atoms with Gasteiger partial charge in [0.1, 0.15) is 39.9 Å². The first-order valence-corrected chi connectivity index (χ1v) is 19.9. The van der Waals surface area contributed by atoms with Gasteiger partial charge in [-0.05, 0) is 73.7 Å². The number of nitrogens with one attached hydrogen (secondary N) is 3. The van der Waals surface area contributed by atoms with Gasteiger partial charge in [0.15, 0.2) is 11.9 Å². The zero-order valence-corrected chi connectivity index (χ0v) is 33.8. The van der Waals surface area contributed by atoms with Crippen molar-refractivity contribution >= 4 is 74.2 Å². The lowest BCUT2D eigenvalue weighted by Gasteiger charge is -2.46. The van der Waals surface area contributed by atoms with Crippen LogP contribution < -0.4 is 26.2 Å². The van der Waals surface area contributed by atoms with Gasteiger partial charge in [0.05, 0.1) is 29.8 Å². The number of aromatic nitrogens is 2. The van der Waals surface area contributed by atoms with E-state index in [1.165, 1.54) is 4.57 Å². The minimum atomic E-state index is -0.810. The summed E-state index contributed by atoms with van der Waals surface area (Å²) < 4.78 is 1.39. The number of allylic oxidation sites excluding steroid dienone is 2. The van der Waals surface area contributed by atoms with Crippen molar-refractivity contribution in [1.29, 1.82) is 5.26 Å². The van der Waals surface area contributed by atoms with Gasteiger partial charge in [-0.2, -0.15) is 5.26 Å². The predicted octanol–water partition coefficient (Wildman–Crippen LogP) is 3.36. The lowest BCUT2D eigenvalue weighted by molar-refractivity contribution is -0.134. The Hall–Kier alpha value is -7.39. The van der Waals surface area contributed by atoms with Gasteiger partial charge in [-0.1, -0.05) is 39.0 Å². The number of aryl methyl sites for hydroxylation is 1. The average molecular weight is 800 g/mol. The van der Waals surface area contributed by atoms with E-state index in [1.807, 2.05) is 42.8 Å². The zero-order chi connectivity index (χ0) is 42.6. The molecule has 2 saturated heterocycles. The Morgan fingerprint density at radius 3 is 2.32 bits per heavy atom. The number of benzene rings is 3. The van der Waals surface area contributed by atoms with Gasteiger partial charge < -0.3 is 30.0 Å². The van der Waals surface area contributed by atoms with Gasteiger partial charge >= 0.3 is 0 Å². The number of nitrogens with zero attached hydrogens (tertiary/aromatic N) is 4. The van der Waals surface area contributed by atoms with Crippen molar-refractivity contribution in [3.63, 3.8) is 0 Å². The number of anilines is 2. The minimum absolute atomic E-state index is 0.00283. The van der Waals surface area contributed by atoms with Crippen molar-refractivity contribution in [3.8, 4) is 6.07 Å². The molecule has 3 atom stereocenters. The van der Waals surface area contributed by atoms with E-state index in [1.54, 1.807) is 36.1 Å². The van der Waals surface area contributed by atoms with E-state index in [4.69, 9.17) is 0 Å². The molecular formula is C47H41N7O6. The highest BCUT2D eigenvalue weighted by Crippen LogP contribution is 2.50. The molecular weight excluding hydrogens is 759 g/mol. The number of hydrogen-bond donors (Lipinski definition) is 3. The second-order valence-corrected chi connectivity index (χ2v) is 16.3. The molecule has 3 N–H and O–H groups in total. The molecule has 0 spiro atoms. The summed E-state index contributed by atoms with van der Waals surface area (Å²) in [5.74, 6) is 9.53. The van der Waals surface area contributed by atoms with Crippen molar-refractivity contribution in [2.24, 2.45) is 0 Å². The fourth-order valence-electron chi connectivity index (χ4n) is 9.77. The Balaban J connectivity index is 1.07. The molecule has 2 fully saturated rings. The Labute approximate surface area is 344 Å². The summed E-state index contributed by atoms with van der Waals surface area (Å²) in [6, 6.07) is 15.8. The van der Waals surface area contributed by atoms with Crippen LogP contribution in [0.5, 0.6) is 0 Å². The quantitative estimate of drug-likeness (QED) is 0.216. The fraction of sp³-hybridized carbons (Fsp3) is 0.319. The highest BCUT2D eigenvalue weighted by atomic mass is 16.2. The summed E-state index contributed by atoms with van der Waals surface area (Å²) in [6.45, 7) is 11.4. The highest BCUT2D eigenvalue weighted by Gasteiger charge is 2.41. The van der Waals surface area contributed by atoms with E-state index in [2.05, 4.69) is 65.4 Å². The molecule has 13 nitrogen and oxygen atoms in total. The van der Waals surface area contributed by atoms with E-state index < -0.39 is 11.5 Å². The van der Waals surface area contributed by atoms with Crippen LogP contribution in [0.1, 0.15) is 87.0 Å². The zero-order valence-electron chi connectivity index (χ0n) is 33.8. The van der Waals surface area contributed by atoms with E-state index in [0.717, 1.165) is 44.5 Å². The molecule has 3 aromatic carbocycles. The maximum absolute atomic E-state index is 14.1. The molecule has 13 heteroatoms. The topological polar surface area (TPSA) is 177 Å². The van der Waals surface area contributed by atoms with Crippen LogP contribution in [0.3, 0.4) is 0 Å². The van der Waals surface area contributed by atoms with Gasteiger partial charge in [0, 0.05) is 81.3 Å². The molecule has 60 heavy (non-hydrogen) atoms. The van der Waals surface area contributed by atoms with Crippen LogP contribution in [0.15, 0.2) is 59.9 Å². The van der Waals surface area contributed by atoms with Gasteiger partial charge in [-0.25, -0.2) is 24.0 Å². The number of carbonyl (C=O) groups is 1. The lowest BCUT2D eigenvalue weighted by Crippen LogP contribution is -2.60. The Bertz CT molecular complexity index is 3050. The van der Waals surface area contributed by atoms with Crippen LogP contribution in [0.4, 0.5) is 11.4 Å². The summed E-state index contributed by atoms with van der Waals surface area (Å²) in [6.07, 6.45) is 1.17. The van der Waals surface area contributed by atoms with Gasteiger partial charge in [-0.15, -0.1) is 0 Å². The number of nitriles is 1. The molecule has 4 heterocycles. The summed E-state index contributed by atoms with van der Waals surface area (Å²) in [5.41, 5.74) is 7.52. The molecule has 3 aliphatic rings. The number of hydrogen-bond acceptors (Lipinski definition) is 10. The van der Waals surface area contributed by atoms with Crippen molar-refractivity contribution < 1.29 is 28.8 Å². The van der Waals surface area contributed by atoms with Gasteiger partial charge in [-0.3, -0.25) is 4.79 Å². The lowest BCUT2D eigenvalue weighted by atomic mass is 9.69. The second-order valence-electron chi connectivity index (χ2n) is 16.3. The Morgan fingerprint density at radius 2 is 1.67 bits per heavy atom. The first-order chi connectivity index (χ1) is 28.9. The molecule has 2 aromatic heterocycles. The molecule has 5 aromatic rings. The first kappa shape index (κ1) is 39.4. The standard InChI is InChI=1S/C47H41N7O6/c1-6-29-15-33-34(22-56)44-31-12-10-28(17-48)14-37(31)51-46(44)47(4,5)35(33)16-40(29)52-19-26(2)53(27(3)20-52)43(60)18-49-36-9-7-8-32-41(24-58)54(42(25-59)45(32)36)39-13-11-30(21-55)50-38(39)23-57/h7-10,12,14-16,26-27,39,49-51H,6,11,13,18-20H2,1-5H3. The Morgan fingerprint density at radius 1 is 0.917 bits per heavy atom. The summed E-state index contributed by atoms with van der Waals surface area (Å²) in [5, 5.41) is 17.1. The minimum Gasteiger partial charge on any atom is -0.376 e. The Kier molecular flexibility index (Phi) is 9.92. The highest BCUT2D eigenvalue weighted by molar-refractivity contribution is 6.10. The van der Waals surface area contributed by atoms with E-state index in [0.29, 0.717) is 47.1 Å². The summed E-state index contributed by atoms with van der Waals surface area (Å²) in [4.78, 5) is 82.8. The number of piperazine rings is 1. The van der Waals surface area contributed by atoms with Crippen LogP contribution in [0.2, 0.25) is 0 Å². The van der Waals surface area contributed by atoms with Gasteiger partial charge in [0.25, 0.3) is 0 Å². The third-order valence-corrected chi connectivity index (χ3v) is 12.5. The third-order valence-electron chi connectivity index (χ3n) is 12.5. The van der Waals surface area contributed by atoms with Crippen LogP contribution >= 0.6 is 0 Å². The maximum atomic E-state index is 14.1. The molecule has 8 rings (SSSR count). The normalized spacial score (nSPS) is 19.3. The molecule has 0 bridgehead atoms. The van der Waals surface area contributed by atoms with Crippen LogP contribution in [-0.2, 0) is 40.6 Å². The number of rotatable bonds is 6. The third kappa shape index (κ3) is 6.04. The molecule has 3 unspecified atom stereocenters. The number of carbonyl (C=O) groups excluding carboxylic acids is 6. The van der Waals surface area contributed by atoms with Crippen molar-refractivity contribution in [1.82, 2.24) is 19.8 Å². The van der Waals surface area contributed by atoms with Crippen molar-refractivity contribution in [3.05, 3.63) is 104 Å². The largest absolute Gasteiger partial charge is 0.376 e. The number of piperidine rings is 1. The molecule has 0 saturated carbocycles. The predicted molar refractivity (Wildman–Crippen MR) is 226 cm³/mol. The average Bonchev–Trinajstić information content (AvgIpc) is 3.81. The number of H-pyrrole nitrogens is 1. The van der Waals surface area contributed by atoms with Crippen LogP contribution in [0.25, 0.3) is 27.2 Å². The molecule has 2 aliphatic heterocycles. The van der Waals surface area contributed by atoms with Gasteiger partial charge in [0.2, 0.25) is 5.91 Å². The number of aromatic amines is 1. The molecule has 1 aliphatic carbocycles. The summed E-state index contributed by atoms with van der Waals surface area (Å²) >= 11 is 0. The van der Waals surface area contributed by atoms with Crippen molar-refractivity contribution in [2.45, 2.75) is 77.4 Å². The monoisotopic (exact) mass is 799 g/mol.